The number of alkyl halides is 3. The lowest BCUT2D eigenvalue weighted by molar-refractivity contribution is -0.274. The molecule has 0 bridgehead atoms. The molecule has 1 aromatic rings. The number of nitrogens with two attached hydrogens (primary N) is 1. The highest BCUT2D eigenvalue weighted by molar-refractivity contribution is 5.51. The number of ether oxygens (including phenoxy) is 1. The van der Waals surface area contributed by atoms with E-state index in [1.807, 2.05) is 0 Å². The van der Waals surface area contributed by atoms with E-state index in [0.29, 0.717) is 12.1 Å². The summed E-state index contributed by atoms with van der Waals surface area (Å²) in [5.41, 5.74) is 4.34. The van der Waals surface area contributed by atoms with Crippen molar-refractivity contribution in [2.75, 3.05) is 5.73 Å². The molecule has 3 nitrogen and oxygen atoms in total. The van der Waals surface area contributed by atoms with E-state index in [1.54, 1.807) is 0 Å². The topological polar surface area (TPSA) is 55.5 Å². The normalized spacial score (nSPS) is 11.4. The molecule has 0 heterocycles. The van der Waals surface area contributed by atoms with Crippen LogP contribution in [-0.2, 0) is 0 Å². The van der Waals surface area contributed by atoms with Crippen molar-refractivity contribution in [1.82, 2.24) is 0 Å². The predicted octanol–water partition coefficient (Wildman–Crippen LogP) is 2.01. The van der Waals surface area contributed by atoms with Gasteiger partial charge in [-0.05, 0) is 0 Å². The van der Waals surface area contributed by atoms with E-state index >= 15 is 0 Å². The van der Waals surface area contributed by atoms with Crippen LogP contribution in [0.1, 0.15) is 0 Å². The second-order valence-corrected chi connectivity index (χ2v) is 2.39. The molecule has 0 aliphatic carbocycles. The molecule has 0 fully saturated rings. The number of rotatable bonds is 1. The summed E-state index contributed by atoms with van der Waals surface area (Å²) in [6.45, 7) is 0. The fourth-order valence-electron chi connectivity index (χ4n) is 0.797. The molecule has 1 rings (SSSR count). The van der Waals surface area contributed by atoms with Crippen molar-refractivity contribution in [2.45, 2.75) is 6.36 Å². The van der Waals surface area contributed by atoms with E-state index in [4.69, 9.17) is 10.8 Å². The van der Waals surface area contributed by atoms with E-state index in [2.05, 4.69) is 4.74 Å². The summed E-state index contributed by atoms with van der Waals surface area (Å²) in [5, 5.41) is 8.78. The Kier molecular flexibility index (Phi) is 2.41. The molecule has 14 heavy (non-hydrogen) atoms. The number of aromatic hydroxyl groups is 1. The van der Waals surface area contributed by atoms with Gasteiger partial charge >= 0.3 is 6.36 Å². The monoisotopic (exact) mass is 211 g/mol. The number of nitrogen functional groups attached to an aromatic ring is 1. The molecule has 0 saturated heterocycles. The zero-order valence-corrected chi connectivity index (χ0v) is 6.60. The third-order valence-corrected chi connectivity index (χ3v) is 1.29. The first kappa shape index (κ1) is 10.4. The van der Waals surface area contributed by atoms with Gasteiger partial charge in [0.2, 0.25) is 0 Å². The molecule has 0 saturated carbocycles. The quantitative estimate of drug-likeness (QED) is 0.551. The minimum absolute atomic E-state index is 0.485. The highest BCUT2D eigenvalue weighted by atomic mass is 19.4. The molecule has 7 heteroatoms. The lowest BCUT2D eigenvalue weighted by Gasteiger charge is -2.10. The van der Waals surface area contributed by atoms with Crippen molar-refractivity contribution in [1.29, 1.82) is 0 Å². The van der Waals surface area contributed by atoms with E-state index in [0.717, 1.165) is 0 Å². The van der Waals surface area contributed by atoms with Crippen molar-refractivity contribution in [3.63, 3.8) is 0 Å². The smallest absolute Gasteiger partial charge is 0.505 e. The standard InChI is InChI=1S/C7H5F4NO2/c8-6-4(12)1-3(2-5(6)13)14-7(9,10)11/h1-2,13H,12H2. The van der Waals surface area contributed by atoms with Gasteiger partial charge in [0.15, 0.2) is 11.6 Å². The molecular formula is C7H5F4NO2. The Hall–Kier alpha value is -1.66. The van der Waals surface area contributed by atoms with Crippen molar-refractivity contribution >= 4 is 5.69 Å². The van der Waals surface area contributed by atoms with Crippen LogP contribution in [0.3, 0.4) is 0 Å². The zero-order chi connectivity index (χ0) is 10.9. The van der Waals surface area contributed by atoms with Gasteiger partial charge in [-0.3, -0.25) is 0 Å². The average molecular weight is 211 g/mol. The summed E-state index contributed by atoms with van der Waals surface area (Å²) in [6, 6.07) is 1.11. The van der Waals surface area contributed by atoms with Crippen LogP contribution < -0.4 is 10.5 Å². The van der Waals surface area contributed by atoms with Gasteiger partial charge in [0, 0.05) is 12.1 Å². The van der Waals surface area contributed by atoms with Crippen LogP contribution in [0.15, 0.2) is 12.1 Å². The Bertz CT molecular complexity index is 327. The summed E-state index contributed by atoms with van der Waals surface area (Å²) in [7, 11) is 0. The zero-order valence-electron chi connectivity index (χ0n) is 6.60. The highest BCUT2D eigenvalue weighted by Gasteiger charge is 2.31. The van der Waals surface area contributed by atoms with Crippen molar-refractivity contribution < 1.29 is 27.4 Å². The molecule has 0 spiro atoms. The first-order chi connectivity index (χ1) is 6.29. The maximum Gasteiger partial charge on any atom is 0.573 e. The molecule has 0 radical (unpaired) electrons. The minimum atomic E-state index is -4.91. The second-order valence-electron chi connectivity index (χ2n) is 2.39. The first-order valence-electron chi connectivity index (χ1n) is 3.33. The van der Waals surface area contributed by atoms with Gasteiger partial charge in [0.25, 0.3) is 0 Å². The number of hydrogen-bond acceptors (Lipinski definition) is 3. The fraction of sp³-hybridized carbons (Fsp3) is 0.143. The van der Waals surface area contributed by atoms with Gasteiger partial charge in [-0.2, -0.15) is 0 Å². The van der Waals surface area contributed by atoms with Crippen LogP contribution in [-0.4, -0.2) is 11.5 Å². The van der Waals surface area contributed by atoms with Gasteiger partial charge in [0.05, 0.1) is 5.69 Å². The predicted molar refractivity (Wildman–Crippen MR) is 39.2 cm³/mol. The Balaban J connectivity index is 3.02. The minimum Gasteiger partial charge on any atom is -0.505 e. The van der Waals surface area contributed by atoms with Crippen LogP contribution in [0.25, 0.3) is 0 Å². The van der Waals surface area contributed by atoms with Gasteiger partial charge < -0.3 is 15.6 Å². The van der Waals surface area contributed by atoms with Crippen molar-refractivity contribution in [3.05, 3.63) is 17.9 Å². The number of halogens is 4. The largest absolute Gasteiger partial charge is 0.573 e. The van der Waals surface area contributed by atoms with Crippen molar-refractivity contribution in [2.24, 2.45) is 0 Å². The van der Waals surface area contributed by atoms with Crippen LogP contribution in [0.5, 0.6) is 11.5 Å². The van der Waals surface area contributed by atoms with Gasteiger partial charge in [0.1, 0.15) is 5.75 Å². The van der Waals surface area contributed by atoms with E-state index < -0.39 is 29.4 Å². The summed E-state index contributed by atoms with van der Waals surface area (Å²) >= 11 is 0. The highest BCUT2D eigenvalue weighted by Crippen LogP contribution is 2.31. The Morgan fingerprint density at radius 1 is 1.29 bits per heavy atom. The first-order valence-corrected chi connectivity index (χ1v) is 3.33. The van der Waals surface area contributed by atoms with E-state index in [1.165, 1.54) is 0 Å². The number of benzene rings is 1. The lowest BCUT2D eigenvalue weighted by atomic mass is 10.2. The number of hydrogen-bond donors (Lipinski definition) is 2. The Labute approximate surface area is 75.7 Å². The molecular weight excluding hydrogens is 206 g/mol. The molecule has 0 aromatic heterocycles. The average Bonchev–Trinajstić information content (AvgIpc) is 1.96. The van der Waals surface area contributed by atoms with Crippen molar-refractivity contribution in [3.8, 4) is 11.5 Å². The maximum atomic E-state index is 12.6. The Morgan fingerprint density at radius 3 is 2.29 bits per heavy atom. The summed E-state index contributed by atoms with van der Waals surface area (Å²) in [5.74, 6) is -2.95. The molecule has 0 atom stereocenters. The van der Waals surface area contributed by atoms with Crippen LogP contribution in [0.4, 0.5) is 23.2 Å². The van der Waals surface area contributed by atoms with Crippen LogP contribution in [0, 0.1) is 5.82 Å². The second kappa shape index (κ2) is 3.24. The van der Waals surface area contributed by atoms with E-state index in [-0.39, 0.29) is 0 Å². The summed E-state index contributed by atoms with van der Waals surface area (Å²) in [4.78, 5) is 0. The lowest BCUT2D eigenvalue weighted by Crippen LogP contribution is -2.17. The van der Waals surface area contributed by atoms with Gasteiger partial charge in [-0.25, -0.2) is 4.39 Å². The molecule has 0 aliphatic rings. The van der Waals surface area contributed by atoms with Crippen LogP contribution >= 0.6 is 0 Å². The third kappa shape index (κ3) is 2.41. The maximum absolute atomic E-state index is 12.6. The number of anilines is 1. The molecule has 0 amide bonds. The molecule has 3 N–H and O–H groups in total. The molecule has 0 aliphatic heterocycles. The van der Waals surface area contributed by atoms with E-state index in [9.17, 15) is 17.6 Å². The fourth-order valence-corrected chi connectivity index (χ4v) is 0.797. The molecule has 78 valence electrons. The molecule has 0 unspecified atom stereocenters. The number of phenols is 1. The summed E-state index contributed by atoms with van der Waals surface area (Å²) in [6.07, 6.45) is -4.91. The molecule has 1 aromatic carbocycles. The summed E-state index contributed by atoms with van der Waals surface area (Å²) < 4.78 is 51.0. The number of phenolic OH excluding ortho intramolecular Hbond substituents is 1. The van der Waals surface area contributed by atoms with Gasteiger partial charge in [-0.15, -0.1) is 13.2 Å². The van der Waals surface area contributed by atoms with Crippen LogP contribution in [0.2, 0.25) is 0 Å². The van der Waals surface area contributed by atoms with Gasteiger partial charge in [-0.1, -0.05) is 0 Å². The third-order valence-electron chi connectivity index (χ3n) is 1.29. The Morgan fingerprint density at radius 2 is 1.86 bits per heavy atom. The SMILES string of the molecule is Nc1cc(OC(F)(F)F)cc(O)c1F.